The minimum Gasteiger partial charge on any atom is -1.00 e. The fourth-order valence-electron chi connectivity index (χ4n) is 0.204. The predicted molar refractivity (Wildman–Crippen MR) is 29.1 cm³/mol. The van der Waals surface area contributed by atoms with Crippen molar-refractivity contribution < 1.29 is 40.7 Å². The molecule has 0 fully saturated rings. The number of rotatable bonds is 3. The van der Waals surface area contributed by atoms with E-state index >= 15 is 0 Å². The van der Waals surface area contributed by atoms with Crippen LogP contribution in [-0.2, 0) is 27.5 Å². The van der Waals surface area contributed by atoms with Crippen molar-refractivity contribution in [2.75, 3.05) is 21.3 Å². The Kier molecular flexibility index (Phi) is 7.65. The Hall–Kier alpha value is 0.760. The minimum absolute atomic E-state index is 0. The summed E-state index contributed by atoms with van der Waals surface area (Å²) in [4.78, 5) is 0. The summed E-state index contributed by atoms with van der Waals surface area (Å²) in [5, 5.41) is 0. The largest absolute Gasteiger partial charge is 1.00 e. The van der Waals surface area contributed by atoms with Crippen molar-refractivity contribution in [2.45, 2.75) is 0 Å². The highest BCUT2D eigenvalue weighted by Gasteiger charge is 2.28. The molecule has 0 aromatic heterocycles. The van der Waals surface area contributed by atoms with Crippen molar-refractivity contribution in [2.24, 2.45) is 0 Å². The fourth-order valence-corrected chi connectivity index (χ4v) is 0.612. The highest BCUT2D eigenvalue weighted by atomic mass is 127. The van der Waals surface area contributed by atoms with Gasteiger partial charge in [-0.15, -0.1) is 12.5 Å². The summed E-state index contributed by atoms with van der Waals surface area (Å²) in [6.07, 6.45) is 0. The van der Waals surface area contributed by atoms with Crippen molar-refractivity contribution in [1.82, 2.24) is 0 Å². The summed E-state index contributed by atoms with van der Waals surface area (Å²) in [6.45, 7) is 0. The Labute approximate surface area is 72.9 Å². The molecule has 0 aliphatic carbocycles. The lowest BCUT2D eigenvalue weighted by atomic mass is 11.8. The molecule has 0 aromatic rings. The van der Waals surface area contributed by atoms with Gasteiger partial charge in [0.2, 0.25) is 0 Å². The van der Waals surface area contributed by atoms with Gasteiger partial charge in [-0.25, -0.2) is 0 Å². The van der Waals surface area contributed by atoms with Crippen LogP contribution < -0.4 is 24.0 Å². The van der Waals surface area contributed by atoms with Crippen LogP contribution in [0.2, 0.25) is 0 Å². The average Bonchev–Trinajstić information content (AvgIpc) is 1.87. The molecule has 0 aliphatic rings. The van der Waals surface area contributed by atoms with Gasteiger partial charge in [0, 0.05) is 4.21 Å². The first kappa shape index (κ1) is 12.4. The van der Waals surface area contributed by atoms with Crippen molar-refractivity contribution in [3.63, 3.8) is 0 Å². The minimum atomic E-state index is -2.90. The second-order valence-corrected chi connectivity index (χ2v) is 2.72. The van der Waals surface area contributed by atoms with Crippen LogP contribution in [0.4, 0.5) is 0 Å². The monoisotopic (exact) mass is 268 g/mol. The molecular weight excluding hydrogens is 259 g/mol. The van der Waals surface area contributed by atoms with Crippen molar-refractivity contribution in [3.8, 4) is 0 Å². The van der Waals surface area contributed by atoms with Gasteiger partial charge in [-0.05, 0) is 0 Å². The molecule has 0 amide bonds. The van der Waals surface area contributed by atoms with Crippen LogP contribution in [0, 0.1) is 0 Å². The van der Waals surface area contributed by atoms with E-state index in [0.29, 0.717) is 0 Å². The van der Waals surface area contributed by atoms with Crippen molar-refractivity contribution >= 4 is 10.8 Å². The van der Waals surface area contributed by atoms with Gasteiger partial charge in [-0.3, -0.25) is 0 Å². The number of hydrogen-bond donors (Lipinski definition) is 0. The van der Waals surface area contributed by atoms with Gasteiger partial charge in [-0.1, -0.05) is 0 Å². The lowest BCUT2D eigenvalue weighted by molar-refractivity contribution is -0.00000707. The first-order valence-electron chi connectivity index (χ1n) is 1.89. The average molecular weight is 268 g/mol. The highest BCUT2D eigenvalue weighted by Crippen LogP contribution is 2.04. The van der Waals surface area contributed by atoms with Gasteiger partial charge < -0.3 is 24.0 Å². The van der Waals surface area contributed by atoms with Crippen molar-refractivity contribution in [3.05, 3.63) is 0 Å². The standard InChI is InChI=1S/C3H9O4S.HI/c1-5-8(4,6-2)7-3;/h1-3H3;1H/q+1;/p-1. The summed E-state index contributed by atoms with van der Waals surface area (Å²) < 4.78 is 23.6. The summed E-state index contributed by atoms with van der Waals surface area (Å²) in [7, 11) is 0.833. The fraction of sp³-hybridized carbons (Fsp3) is 1.00. The van der Waals surface area contributed by atoms with Crippen LogP contribution in [0.1, 0.15) is 0 Å². The molecule has 0 aliphatic heterocycles. The molecule has 0 spiro atoms. The summed E-state index contributed by atoms with van der Waals surface area (Å²) in [5.41, 5.74) is 0. The van der Waals surface area contributed by atoms with Gasteiger partial charge in [0.1, 0.15) is 0 Å². The van der Waals surface area contributed by atoms with E-state index < -0.39 is 10.8 Å². The zero-order valence-electron chi connectivity index (χ0n) is 5.42. The smallest absolute Gasteiger partial charge is 0.512 e. The van der Waals surface area contributed by atoms with Gasteiger partial charge >= 0.3 is 10.8 Å². The molecule has 58 valence electrons. The van der Waals surface area contributed by atoms with Crippen LogP contribution in [0.25, 0.3) is 0 Å². The summed E-state index contributed by atoms with van der Waals surface area (Å²) in [5.74, 6) is 0. The van der Waals surface area contributed by atoms with Crippen LogP contribution in [-0.4, -0.2) is 21.3 Å². The Balaban J connectivity index is 0. The summed E-state index contributed by atoms with van der Waals surface area (Å²) >= 11 is 0. The first-order valence-corrected chi connectivity index (χ1v) is 3.22. The van der Waals surface area contributed by atoms with Gasteiger partial charge in [0.15, 0.2) is 0 Å². The molecule has 0 saturated carbocycles. The Morgan fingerprint density at radius 3 is 1.22 bits per heavy atom. The van der Waals surface area contributed by atoms with Crippen LogP contribution >= 0.6 is 0 Å². The van der Waals surface area contributed by atoms with Gasteiger partial charge in [-0.2, -0.15) is 0 Å². The SMILES string of the molecule is CO[S+](=O)(OC)OC.[I-]. The molecule has 9 heavy (non-hydrogen) atoms. The van der Waals surface area contributed by atoms with E-state index in [9.17, 15) is 4.21 Å². The molecular formula is C3H9IO4S. The molecule has 0 rings (SSSR count). The summed E-state index contributed by atoms with van der Waals surface area (Å²) in [6, 6.07) is 0. The van der Waals surface area contributed by atoms with E-state index in [1.165, 1.54) is 21.3 Å². The van der Waals surface area contributed by atoms with Gasteiger partial charge in [0.25, 0.3) is 0 Å². The second-order valence-electron chi connectivity index (χ2n) is 0.908. The van der Waals surface area contributed by atoms with E-state index in [1.54, 1.807) is 0 Å². The van der Waals surface area contributed by atoms with Crippen LogP contribution in [0.3, 0.4) is 0 Å². The van der Waals surface area contributed by atoms with Crippen LogP contribution in [0.15, 0.2) is 0 Å². The Morgan fingerprint density at radius 1 is 1.00 bits per heavy atom. The Bertz CT molecular complexity index is 87.0. The van der Waals surface area contributed by atoms with E-state index in [1.807, 2.05) is 0 Å². The van der Waals surface area contributed by atoms with E-state index in [0.717, 1.165) is 0 Å². The molecule has 0 saturated heterocycles. The predicted octanol–water partition coefficient (Wildman–Crippen LogP) is -2.83. The third-order valence-corrected chi connectivity index (χ3v) is 1.84. The maximum atomic E-state index is 10.6. The topological polar surface area (TPSA) is 44.8 Å². The Morgan fingerprint density at radius 2 is 1.22 bits per heavy atom. The first-order chi connectivity index (χ1) is 3.68. The quantitative estimate of drug-likeness (QED) is 0.409. The molecule has 0 radical (unpaired) electrons. The van der Waals surface area contributed by atoms with E-state index in [-0.39, 0.29) is 24.0 Å². The van der Waals surface area contributed by atoms with Crippen molar-refractivity contribution in [1.29, 1.82) is 0 Å². The third kappa shape index (κ3) is 4.20. The molecule has 4 nitrogen and oxygen atoms in total. The molecule has 0 bridgehead atoms. The lowest BCUT2D eigenvalue weighted by Gasteiger charge is -1.96. The normalized spacial score (nSPS) is 10.6. The molecule has 6 heteroatoms. The van der Waals surface area contributed by atoms with E-state index in [4.69, 9.17) is 0 Å². The zero-order valence-corrected chi connectivity index (χ0v) is 8.39. The molecule has 0 unspecified atom stereocenters. The molecule has 0 atom stereocenters. The highest BCUT2D eigenvalue weighted by molar-refractivity contribution is 7.89. The zero-order chi connectivity index (χ0) is 6.62. The van der Waals surface area contributed by atoms with Gasteiger partial charge in [0.05, 0.1) is 21.3 Å². The third-order valence-electron chi connectivity index (χ3n) is 0.612. The maximum Gasteiger partial charge on any atom is 0.512 e. The van der Waals surface area contributed by atoms with E-state index in [2.05, 4.69) is 12.5 Å². The maximum absolute atomic E-state index is 10.6. The lowest BCUT2D eigenvalue weighted by Crippen LogP contribution is -3.00. The second kappa shape index (κ2) is 5.54. The van der Waals surface area contributed by atoms with Crippen LogP contribution in [0.5, 0.6) is 0 Å². The molecule has 0 aromatic carbocycles. The molecule has 0 heterocycles. The number of halogens is 1. The number of hydrogen-bond acceptors (Lipinski definition) is 4. The molecule has 0 N–H and O–H groups in total.